The van der Waals surface area contributed by atoms with E-state index in [1.807, 2.05) is 12.1 Å². The van der Waals surface area contributed by atoms with Gasteiger partial charge in [0.05, 0.1) is 6.20 Å². The second-order valence-corrected chi connectivity index (χ2v) is 6.52. The van der Waals surface area contributed by atoms with Crippen LogP contribution in [0.4, 0.5) is 33.2 Å². The molecule has 2 N–H and O–H groups in total. The van der Waals surface area contributed by atoms with E-state index < -0.39 is 0 Å². The fourth-order valence-electron chi connectivity index (χ4n) is 3.17. The largest absolute Gasteiger partial charge is 0.372 e. The van der Waals surface area contributed by atoms with Crippen LogP contribution in [0, 0.1) is 5.82 Å². The van der Waals surface area contributed by atoms with E-state index in [0.717, 1.165) is 18.8 Å². The van der Waals surface area contributed by atoms with Gasteiger partial charge in [0.25, 0.3) is 0 Å². The molecule has 7 heteroatoms. The molecule has 138 valence electrons. The Morgan fingerprint density at radius 3 is 2.48 bits per heavy atom. The van der Waals surface area contributed by atoms with Gasteiger partial charge in [-0.1, -0.05) is 6.07 Å². The number of benzene rings is 2. The molecule has 27 heavy (non-hydrogen) atoms. The molecule has 0 unspecified atom stereocenters. The van der Waals surface area contributed by atoms with E-state index >= 15 is 0 Å². The van der Waals surface area contributed by atoms with Crippen LogP contribution >= 0.6 is 0 Å². The van der Waals surface area contributed by atoms with Crippen molar-refractivity contribution in [2.24, 2.45) is 0 Å². The quantitative estimate of drug-likeness (QED) is 0.695. The highest BCUT2D eigenvalue weighted by Gasteiger charge is 2.10. The van der Waals surface area contributed by atoms with Crippen LogP contribution in [0.1, 0.15) is 19.3 Å². The summed E-state index contributed by atoms with van der Waals surface area (Å²) in [5.41, 5.74) is 2.74. The monoisotopic (exact) mass is 364 g/mol. The van der Waals surface area contributed by atoms with E-state index in [9.17, 15) is 4.39 Å². The minimum atomic E-state index is -0.323. The van der Waals surface area contributed by atoms with Crippen LogP contribution in [0.25, 0.3) is 0 Å². The van der Waals surface area contributed by atoms with Gasteiger partial charge < -0.3 is 15.5 Å². The summed E-state index contributed by atoms with van der Waals surface area (Å²) in [5.74, 6) is 0.543. The van der Waals surface area contributed by atoms with Gasteiger partial charge in [-0.15, -0.1) is 5.10 Å². The van der Waals surface area contributed by atoms with Crippen molar-refractivity contribution in [1.82, 2.24) is 15.2 Å². The Kier molecular flexibility index (Phi) is 5.09. The van der Waals surface area contributed by atoms with Crippen LogP contribution in [0.3, 0.4) is 0 Å². The first-order valence-corrected chi connectivity index (χ1v) is 9.11. The highest BCUT2D eigenvalue weighted by molar-refractivity contribution is 5.61. The van der Waals surface area contributed by atoms with Gasteiger partial charge in [0.15, 0.2) is 5.82 Å². The van der Waals surface area contributed by atoms with Gasteiger partial charge in [-0.05, 0) is 61.7 Å². The molecule has 2 heterocycles. The van der Waals surface area contributed by atoms with E-state index in [0.29, 0.717) is 17.5 Å². The van der Waals surface area contributed by atoms with Crippen LogP contribution in [-0.2, 0) is 0 Å². The van der Waals surface area contributed by atoms with Crippen molar-refractivity contribution in [1.29, 1.82) is 0 Å². The maximum Gasteiger partial charge on any atom is 0.249 e. The second-order valence-electron chi connectivity index (χ2n) is 6.52. The molecule has 0 bridgehead atoms. The molecule has 2 aromatic carbocycles. The SMILES string of the molecule is Fc1cccc(Nc2nncc(Nc3ccc(N4CCCCC4)cc3)n2)c1. The summed E-state index contributed by atoms with van der Waals surface area (Å²) in [4.78, 5) is 6.79. The molecule has 1 saturated heterocycles. The van der Waals surface area contributed by atoms with Crippen LogP contribution in [0.5, 0.6) is 0 Å². The summed E-state index contributed by atoms with van der Waals surface area (Å²) < 4.78 is 13.3. The highest BCUT2D eigenvalue weighted by atomic mass is 19.1. The van der Waals surface area contributed by atoms with Crippen molar-refractivity contribution in [3.8, 4) is 0 Å². The standard InChI is InChI=1S/C20H21FN6/c21-15-5-4-6-17(13-15)24-20-25-19(14-22-26-20)23-16-7-9-18(10-8-16)27-11-2-1-3-12-27/h4-10,13-14H,1-3,11-12H2,(H2,23,24,25,26). The zero-order valence-electron chi connectivity index (χ0n) is 14.9. The predicted octanol–water partition coefficient (Wildman–Crippen LogP) is 4.49. The Labute approximate surface area is 157 Å². The smallest absolute Gasteiger partial charge is 0.249 e. The molecule has 3 aromatic rings. The van der Waals surface area contributed by atoms with Gasteiger partial charge in [-0.25, -0.2) is 4.39 Å². The maximum atomic E-state index is 13.3. The zero-order valence-corrected chi connectivity index (χ0v) is 14.9. The van der Waals surface area contributed by atoms with Crippen LogP contribution in [-0.4, -0.2) is 28.3 Å². The van der Waals surface area contributed by atoms with Gasteiger partial charge in [-0.2, -0.15) is 10.1 Å². The number of aromatic nitrogens is 3. The summed E-state index contributed by atoms with van der Waals surface area (Å²) in [6, 6.07) is 14.4. The van der Waals surface area contributed by atoms with E-state index in [1.54, 1.807) is 18.3 Å². The Bertz CT molecular complexity index is 893. The first-order chi connectivity index (χ1) is 13.3. The van der Waals surface area contributed by atoms with Crippen molar-refractivity contribution < 1.29 is 4.39 Å². The summed E-state index contributed by atoms with van der Waals surface area (Å²) in [7, 11) is 0. The lowest BCUT2D eigenvalue weighted by atomic mass is 10.1. The number of piperidine rings is 1. The summed E-state index contributed by atoms with van der Waals surface area (Å²) >= 11 is 0. The molecule has 0 aliphatic carbocycles. The van der Waals surface area contributed by atoms with Crippen molar-refractivity contribution in [2.75, 3.05) is 28.6 Å². The molecule has 0 atom stereocenters. The van der Waals surface area contributed by atoms with E-state index in [4.69, 9.17) is 0 Å². The first-order valence-electron chi connectivity index (χ1n) is 9.11. The third-order valence-electron chi connectivity index (χ3n) is 4.50. The van der Waals surface area contributed by atoms with Crippen LogP contribution < -0.4 is 15.5 Å². The van der Waals surface area contributed by atoms with Gasteiger partial charge in [0.1, 0.15) is 5.82 Å². The number of halogens is 1. The molecule has 0 radical (unpaired) electrons. The number of anilines is 5. The van der Waals surface area contributed by atoms with Gasteiger partial charge in [0, 0.05) is 30.2 Å². The van der Waals surface area contributed by atoms with E-state index in [1.165, 1.54) is 37.1 Å². The number of rotatable bonds is 5. The minimum absolute atomic E-state index is 0.301. The topological polar surface area (TPSA) is 66.0 Å². The van der Waals surface area contributed by atoms with Crippen molar-refractivity contribution in [3.63, 3.8) is 0 Å². The lowest BCUT2D eigenvalue weighted by Gasteiger charge is -2.28. The fraction of sp³-hybridized carbons (Fsp3) is 0.250. The molecule has 1 aromatic heterocycles. The molecule has 6 nitrogen and oxygen atoms in total. The van der Waals surface area contributed by atoms with Gasteiger partial charge in [0.2, 0.25) is 5.95 Å². The Hall–Kier alpha value is -3.22. The number of hydrogen-bond donors (Lipinski definition) is 2. The third-order valence-corrected chi connectivity index (χ3v) is 4.50. The Balaban J connectivity index is 1.43. The number of nitrogens with zero attached hydrogens (tertiary/aromatic N) is 4. The van der Waals surface area contributed by atoms with E-state index in [-0.39, 0.29) is 5.82 Å². The zero-order chi connectivity index (χ0) is 18.5. The minimum Gasteiger partial charge on any atom is -0.372 e. The normalized spacial score (nSPS) is 14.0. The molecule has 0 spiro atoms. The fourth-order valence-corrected chi connectivity index (χ4v) is 3.17. The second kappa shape index (κ2) is 7.99. The van der Waals surface area contributed by atoms with Gasteiger partial charge >= 0.3 is 0 Å². The summed E-state index contributed by atoms with van der Waals surface area (Å²) in [6.45, 7) is 2.25. The lowest BCUT2D eigenvalue weighted by Crippen LogP contribution is -2.29. The first kappa shape index (κ1) is 17.2. The average molecular weight is 364 g/mol. The molecule has 1 fully saturated rings. The van der Waals surface area contributed by atoms with Crippen molar-refractivity contribution in [2.45, 2.75) is 19.3 Å². The average Bonchev–Trinajstić information content (AvgIpc) is 2.70. The van der Waals surface area contributed by atoms with Crippen LogP contribution in [0.15, 0.2) is 54.7 Å². The molecular weight excluding hydrogens is 343 g/mol. The van der Waals surface area contributed by atoms with Gasteiger partial charge in [-0.3, -0.25) is 0 Å². The van der Waals surface area contributed by atoms with Crippen LogP contribution in [0.2, 0.25) is 0 Å². The predicted molar refractivity (Wildman–Crippen MR) is 105 cm³/mol. The van der Waals surface area contributed by atoms with Crippen molar-refractivity contribution >= 4 is 28.8 Å². The number of hydrogen-bond acceptors (Lipinski definition) is 6. The lowest BCUT2D eigenvalue weighted by molar-refractivity contribution is 0.578. The molecule has 1 aliphatic heterocycles. The molecule has 0 amide bonds. The third kappa shape index (κ3) is 4.49. The molecule has 1 aliphatic rings. The molecule has 4 rings (SSSR count). The van der Waals surface area contributed by atoms with Crippen molar-refractivity contribution in [3.05, 3.63) is 60.5 Å². The molecule has 0 saturated carbocycles. The molecular formula is C20H21FN6. The Morgan fingerprint density at radius 1 is 0.889 bits per heavy atom. The van der Waals surface area contributed by atoms with E-state index in [2.05, 4.69) is 42.8 Å². The highest BCUT2D eigenvalue weighted by Crippen LogP contribution is 2.23. The summed E-state index contributed by atoms with van der Waals surface area (Å²) in [5, 5.41) is 14.1. The number of nitrogens with one attached hydrogen (secondary N) is 2. The Morgan fingerprint density at radius 2 is 1.70 bits per heavy atom. The maximum absolute atomic E-state index is 13.3. The summed E-state index contributed by atoms with van der Waals surface area (Å²) in [6.07, 6.45) is 5.39.